The van der Waals surface area contributed by atoms with Crippen molar-refractivity contribution in [2.45, 2.75) is 50.4 Å². The van der Waals surface area contributed by atoms with Gasteiger partial charge in [0, 0.05) is 98.5 Å². The Hall–Kier alpha value is -4.24. The Bertz CT molecular complexity index is 1490. The number of rotatable bonds is 10. The molecule has 0 bridgehead atoms. The Kier molecular flexibility index (Phi) is 12.8. The third kappa shape index (κ3) is 8.52. The number of carbonyl (C=O) groups excluding carboxylic acids is 4. The van der Waals surface area contributed by atoms with Crippen molar-refractivity contribution >= 4 is 23.6 Å². The van der Waals surface area contributed by atoms with Crippen LogP contribution in [0.3, 0.4) is 0 Å². The quantitative estimate of drug-likeness (QED) is 0.350. The van der Waals surface area contributed by atoms with Crippen LogP contribution in [0.25, 0.3) is 0 Å². The maximum atomic E-state index is 12.7. The van der Waals surface area contributed by atoms with E-state index in [-0.39, 0.29) is 35.5 Å². The summed E-state index contributed by atoms with van der Waals surface area (Å²) in [4.78, 5) is 60.3. The summed E-state index contributed by atoms with van der Waals surface area (Å²) < 4.78 is 22.3. The van der Waals surface area contributed by atoms with Crippen molar-refractivity contribution in [3.63, 3.8) is 0 Å². The predicted octanol–water partition coefficient (Wildman–Crippen LogP) is 3.03. The van der Waals surface area contributed by atoms with Gasteiger partial charge in [-0.15, -0.1) is 0 Å². The summed E-state index contributed by atoms with van der Waals surface area (Å²) in [5.74, 6) is 0.956. The smallest absolute Gasteiger partial charge is 0.277 e. The summed E-state index contributed by atoms with van der Waals surface area (Å²) in [6, 6.07) is 10.8. The summed E-state index contributed by atoms with van der Waals surface area (Å²) in [6.07, 6.45) is 2.99. The molecule has 0 unspecified atom stereocenters. The SMILES string of the molecule is CON(C)C(=O)c1cccc2c1[C@@](C)(CNC(=O)C1CCOCC1)CO2.CON(C)C(=O)c1cccc2c1[C@](C)(CNC(=O)C1CCOCC1)CO2. The number of hydrogen-bond acceptors (Lipinski definition) is 10. The first kappa shape index (κ1) is 39.0. The van der Waals surface area contributed by atoms with Crippen LogP contribution in [0.2, 0.25) is 0 Å². The summed E-state index contributed by atoms with van der Waals surface area (Å²) in [6.45, 7) is 8.18. The number of nitrogens with one attached hydrogen (secondary N) is 2. The monoisotopic (exact) mass is 724 g/mol. The third-order valence-corrected chi connectivity index (χ3v) is 10.4. The van der Waals surface area contributed by atoms with Gasteiger partial charge in [-0.1, -0.05) is 26.0 Å². The predicted molar refractivity (Wildman–Crippen MR) is 190 cm³/mol. The van der Waals surface area contributed by atoms with Crippen molar-refractivity contribution < 1.29 is 47.8 Å². The van der Waals surface area contributed by atoms with Crippen molar-refractivity contribution in [3.05, 3.63) is 58.7 Å². The highest BCUT2D eigenvalue weighted by Gasteiger charge is 2.42. The maximum absolute atomic E-state index is 12.7. The van der Waals surface area contributed by atoms with Gasteiger partial charge in [0.15, 0.2) is 0 Å². The van der Waals surface area contributed by atoms with E-state index >= 15 is 0 Å². The number of benzene rings is 2. The van der Waals surface area contributed by atoms with E-state index in [1.807, 2.05) is 26.0 Å². The molecule has 4 amide bonds. The molecule has 2 saturated heterocycles. The van der Waals surface area contributed by atoms with Gasteiger partial charge < -0.3 is 29.6 Å². The molecule has 14 heteroatoms. The largest absolute Gasteiger partial charge is 0.492 e. The van der Waals surface area contributed by atoms with Crippen molar-refractivity contribution in [1.29, 1.82) is 0 Å². The molecule has 0 spiro atoms. The zero-order valence-corrected chi connectivity index (χ0v) is 31.1. The molecule has 2 fully saturated rings. The van der Waals surface area contributed by atoms with Crippen LogP contribution >= 0.6 is 0 Å². The molecule has 4 heterocycles. The lowest BCUT2D eigenvalue weighted by atomic mass is 9.81. The van der Waals surface area contributed by atoms with Gasteiger partial charge in [-0.3, -0.25) is 28.9 Å². The summed E-state index contributed by atoms with van der Waals surface area (Å²) >= 11 is 0. The zero-order chi connectivity index (χ0) is 37.5. The molecule has 2 aromatic carbocycles. The van der Waals surface area contributed by atoms with Gasteiger partial charge in [0.1, 0.15) is 11.5 Å². The summed E-state index contributed by atoms with van der Waals surface area (Å²) in [5, 5.41) is 8.49. The second-order valence-corrected chi connectivity index (χ2v) is 14.2. The molecule has 2 N–H and O–H groups in total. The number of ether oxygens (including phenoxy) is 4. The van der Waals surface area contributed by atoms with Gasteiger partial charge in [-0.2, -0.15) is 0 Å². The molecule has 0 aromatic heterocycles. The normalized spacial score (nSPS) is 22.4. The van der Waals surface area contributed by atoms with E-state index in [9.17, 15) is 19.2 Å². The van der Waals surface area contributed by atoms with Gasteiger partial charge >= 0.3 is 0 Å². The highest BCUT2D eigenvalue weighted by atomic mass is 16.7. The molecule has 0 aliphatic carbocycles. The fourth-order valence-electron chi connectivity index (χ4n) is 7.08. The molecular formula is C38H52N4O10. The van der Waals surface area contributed by atoms with Gasteiger partial charge in [0.25, 0.3) is 11.8 Å². The van der Waals surface area contributed by atoms with Gasteiger partial charge in [0.05, 0.1) is 27.4 Å². The van der Waals surface area contributed by atoms with Crippen LogP contribution in [-0.4, -0.2) is 115 Å². The Morgan fingerprint density at radius 2 is 1.04 bits per heavy atom. The fraction of sp³-hybridized carbons (Fsp3) is 0.579. The minimum atomic E-state index is -0.475. The van der Waals surface area contributed by atoms with E-state index in [4.69, 9.17) is 28.6 Å². The number of fused-ring (bicyclic) bond motifs is 2. The Labute approximate surface area is 305 Å². The fourth-order valence-corrected chi connectivity index (χ4v) is 7.08. The summed E-state index contributed by atoms with van der Waals surface area (Å²) in [7, 11) is 6.04. The molecule has 4 aliphatic rings. The van der Waals surface area contributed by atoms with Gasteiger partial charge in [0.2, 0.25) is 11.8 Å². The van der Waals surface area contributed by atoms with Crippen LogP contribution in [0.4, 0.5) is 0 Å². The number of carbonyl (C=O) groups is 4. The minimum Gasteiger partial charge on any atom is -0.492 e. The van der Waals surface area contributed by atoms with Crippen LogP contribution in [0, 0.1) is 11.8 Å². The number of amides is 4. The first-order valence-corrected chi connectivity index (χ1v) is 17.8. The average Bonchev–Trinajstić information content (AvgIpc) is 3.72. The van der Waals surface area contributed by atoms with E-state index in [1.54, 1.807) is 38.4 Å². The molecule has 0 radical (unpaired) electrons. The van der Waals surface area contributed by atoms with Crippen molar-refractivity contribution in [3.8, 4) is 11.5 Å². The maximum Gasteiger partial charge on any atom is 0.277 e. The van der Waals surface area contributed by atoms with E-state index in [2.05, 4.69) is 10.6 Å². The number of hydrogen-bond donors (Lipinski definition) is 2. The van der Waals surface area contributed by atoms with Crippen LogP contribution in [0.5, 0.6) is 11.5 Å². The molecule has 4 aliphatic heterocycles. The van der Waals surface area contributed by atoms with Gasteiger partial charge in [-0.05, 0) is 49.9 Å². The lowest BCUT2D eigenvalue weighted by molar-refractivity contribution is -0.128. The zero-order valence-electron chi connectivity index (χ0n) is 31.1. The van der Waals surface area contributed by atoms with Crippen molar-refractivity contribution in [1.82, 2.24) is 20.8 Å². The highest BCUT2D eigenvalue weighted by molar-refractivity contribution is 5.97. The molecule has 2 aromatic rings. The van der Waals surface area contributed by atoms with E-state index in [0.29, 0.717) is 75.4 Å². The highest BCUT2D eigenvalue weighted by Crippen LogP contribution is 2.42. The second-order valence-electron chi connectivity index (χ2n) is 14.2. The number of nitrogens with zero attached hydrogens (tertiary/aromatic N) is 2. The molecule has 6 rings (SSSR count). The molecule has 0 saturated carbocycles. The van der Waals surface area contributed by atoms with Crippen LogP contribution in [-0.2, 0) is 39.6 Å². The topological polar surface area (TPSA) is 154 Å². The van der Waals surface area contributed by atoms with Crippen LogP contribution < -0.4 is 20.1 Å². The van der Waals surface area contributed by atoms with Crippen molar-refractivity contribution in [2.24, 2.45) is 11.8 Å². The summed E-state index contributed by atoms with van der Waals surface area (Å²) in [5.41, 5.74) is 1.76. The van der Waals surface area contributed by atoms with E-state index in [1.165, 1.54) is 24.3 Å². The molecule has 14 nitrogen and oxygen atoms in total. The Balaban J connectivity index is 0.000000201. The van der Waals surface area contributed by atoms with Crippen LogP contribution in [0.1, 0.15) is 71.4 Å². The molecule has 2 atom stereocenters. The average molecular weight is 725 g/mol. The third-order valence-electron chi connectivity index (χ3n) is 10.4. The van der Waals surface area contributed by atoms with Crippen molar-refractivity contribution in [2.75, 3.05) is 81.0 Å². The van der Waals surface area contributed by atoms with Gasteiger partial charge in [-0.25, -0.2) is 10.1 Å². The molecular weight excluding hydrogens is 672 g/mol. The Morgan fingerprint density at radius 1 is 0.673 bits per heavy atom. The minimum absolute atomic E-state index is 0.00866. The second kappa shape index (κ2) is 17.1. The Morgan fingerprint density at radius 3 is 1.38 bits per heavy atom. The number of hydroxylamine groups is 4. The van der Waals surface area contributed by atoms with E-state index in [0.717, 1.165) is 36.8 Å². The van der Waals surface area contributed by atoms with E-state index < -0.39 is 10.8 Å². The lowest BCUT2D eigenvalue weighted by Gasteiger charge is -2.28. The first-order valence-electron chi connectivity index (χ1n) is 17.8. The molecule has 52 heavy (non-hydrogen) atoms. The first-order chi connectivity index (χ1) is 24.9. The van der Waals surface area contributed by atoms with Crippen LogP contribution in [0.15, 0.2) is 36.4 Å². The lowest BCUT2D eigenvalue weighted by Crippen LogP contribution is -2.44. The molecule has 284 valence electrons. The standard InChI is InChI=1S/2C19H26N2O5/c2*1-19(11-20-17(22)13-7-9-25-10-8-13)12-26-15-6-4-5-14(16(15)19)18(23)21(2)24-3/h2*4-6,13H,7-12H2,1-3H3,(H,20,22)/t2*19-/m10/s1.